The van der Waals surface area contributed by atoms with Gasteiger partial charge >= 0.3 is 0 Å². The molecule has 0 amide bonds. The Labute approximate surface area is 60.7 Å². The van der Waals surface area contributed by atoms with Crippen LogP contribution in [0.2, 0.25) is 6.04 Å². The van der Waals surface area contributed by atoms with Gasteiger partial charge in [0.15, 0.2) is 9.76 Å². The highest BCUT2D eigenvalue weighted by Gasteiger charge is 1.96. The molecular formula is C7H18OSi. The minimum Gasteiger partial charge on any atom is -0.422 e. The highest BCUT2D eigenvalue weighted by Crippen LogP contribution is 1.99. The zero-order chi connectivity index (χ0) is 7.28. The third kappa shape index (κ3) is 8.18. The lowest BCUT2D eigenvalue weighted by atomic mass is 10.3. The Morgan fingerprint density at radius 3 is 2.11 bits per heavy atom. The van der Waals surface area contributed by atoms with E-state index in [0.29, 0.717) is 6.10 Å². The number of hydrogen-bond donors (Lipinski definition) is 0. The quantitative estimate of drug-likeness (QED) is 0.547. The molecule has 0 rings (SSSR count). The van der Waals surface area contributed by atoms with Crippen LogP contribution in [0.25, 0.3) is 0 Å². The Balaban J connectivity index is 2.91. The van der Waals surface area contributed by atoms with E-state index in [2.05, 4.69) is 27.7 Å². The van der Waals surface area contributed by atoms with Gasteiger partial charge in [-0.3, -0.25) is 0 Å². The van der Waals surface area contributed by atoms with Crippen molar-refractivity contribution in [3.8, 4) is 0 Å². The Hall–Kier alpha value is 0.177. The van der Waals surface area contributed by atoms with E-state index in [9.17, 15) is 0 Å². The maximum atomic E-state index is 5.49. The van der Waals surface area contributed by atoms with Crippen LogP contribution in [0.15, 0.2) is 0 Å². The van der Waals surface area contributed by atoms with Crippen LogP contribution < -0.4 is 0 Å². The van der Waals surface area contributed by atoms with E-state index < -0.39 is 0 Å². The fourth-order valence-electron chi connectivity index (χ4n) is 0.539. The molecule has 0 atom stereocenters. The van der Waals surface area contributed by atoms with Crippen molar-refractivity contribution in [2.24, 2.45) is 5.92 Å². The molecule has 0 aromatic rings. The molecule has 0 heterocycles. The van der Waals surface area contributed by atoms with Crippen LogP contribution in [-0.2, 0) is 4.43 Å². The van der Waals surface area contributed by atoms with E-state index in [-0.39, 0.29) is 9.76 Å². The monoisotopic (exact) mass is 146 g/mol. The molecule has 0 saturated carbocycles. The van der Waals surface area contributed by atoms with Gasteiger partial charge in [0.2, 0.25) is 0 Å². The molecule has 0 N–H and O–H groups in total. The van der Waals surface area contributed by atoms with Crippen molar-refractivity contribution in [3.63, 3.8) is 0 Å². The van der Waals surface area contributed by atoms with Crippen molar-refractivity contribution in [1.29, 1.82) is 0 Å². The summed E-state index contributed by atoms with van der Waals surface area (Å²) in [7, 11) is -0.184. The van der Waals surface area contributed by atoms with E-state index in [1.807, 2.05) is 0 Å². The zero-order valence-electron chi connectivity index (χ0n) is 6.98. The maximum absolute atomic E-state index is 5.49. The van der Waals surface area contributed by atoms with Crippen LogP contribution in [0.3, 0.4) is 0 Å². The van der Waals surface area contributed by atoms with Gasteiger partial charge in [-0.1, -0.05) is 13.8 Å². The Bertz CT molecular complexity index is 53.9. The Morgan fingerprint density at radius 1 is 1.22 bits per heavy atom. The lowest BCUT2D eigenvalue weighted by molar-refractivity contribution is 0.253. The van der Waals surface area contributed by atoms with Gasteiger partial charge in [-0.15, -0.1) is 0 Å². The van der Waals surface area contributed by atoms with Crippen molar-refractivity contribution in [2.75, 3.05) is 0 Å². The van der Waals surface area contributed by atoms with Crippen LogP contribution in [0.1, 0.15) is 27.7 Å². The summed E-state index contributed by atoms with van der Waals surface area (Å²) in [5.74, 6) is 0.829. The van der Waals surface area contributed by atoms with Gasteiger partial charge in [0, 0.05) is 6.10 Å². The molecule has 0 radical (unpaired) electrons. The largest absolute Gasteiger partial charge is 0.422 e. The summed E-state index contributed by atoms with van der Waals surface area (Å²) in [6.45, 7) is 8.70. The predicted molar refractivity (Wildman–Crippen MR) is 44.4 cm³/mol. The Morgan fingerprint density at radius 2 is 1.78 bits per heavy atom. The van der Waals surface area contributed by atoms with Crippen molar-refractivity contribution < 1.29 is 4.43 Å². The second kappa shape index (κ2) is 5.00. The van der Waals surface area contributed by atoms with E-state index in [1.54, 1.807) is 0 Å². The number of rotatable bonds is 4. The molecule has 0 fully saturated rings. The topological polar surface area (TPSA) is 9.23 Å². The standard InChI is InChI=1S/C7H18OSi/c1-6(2)5-9-8-7(3)4/h6-7H,5,9H2,1-4H3. The van der Waals surface area contributed by atoms with E-state index >= 15 is 0 Å². The SMILES string of the molecule is CC(C)C[SiH2]OC(C)C. The first-order chi connectivity index (χ1) is 4.13. The summed E-state index contributed by atoms with van der Waals surface area (Å²) in [6, 6.07) is 1.32. The number of hydrogen-bond acceptors (Lipinski definition) is 1. The van der Waals surface area contributed by atoms with Gasteiger partial charge in [0.25, 0.3) is 0 Å². The van der Waals surface area contributed by atoms with Crippen LogP contribution in [0, 0.1) is 5.92 Å². The molecule has 0 bridgehead atoms. The normalized spacial score (nSPS) is 12.7. The van der Waals surface area contributed by atoms with Crippen LogP contribution in [0.4, 0.5) is 0 Å². The van der Waals surface area contributed by atoms with E-state index in [4.69, 9.17) is 4.43 Å². The highest BCUT2D eigenvalue weighted by molar-refractivity contribution is 6.27. The van der Waals surface area contributed by atoms with Crippen molar-refractivity contribution in [2.45, 2.75) is 39.8 Å². The predicted octanol–water partition coefficient (Wildman–Crippen LogP) is 1.57. The fourth-order valence-corrected chi connectivity index (χ4v) is 1.62. The van der Waals surface area contributed by atoms with Crippen molar-refractivity contribution in [1.82, 2.24) is 0 Å². The molecule has 0 aliphatic heterocycles. The third-order valence-electron chi connectivity index (χ3n) is 1.15. The molecule has 0 aliphatic carbocycles. The summed E-state index contributed by atoms with van der Waals surface area (Å²) in [5, 5.41) is 0. The lowest BCUT2D eigenvalue weighted by Crippen LogP contribution is -2.08. The van der Waals surface area contributed by atoms with Crippen LogP contribution >= 0.6 is 0 Å². The van der Waals surface area contributed by atoms with E-state index in [0.717, 1.165) is 5.92 Å². The minimum absolute atomic E-state index is 0.184. The van der Waals surface area contributed by atoms with E-state index in [1.165, 1.54) is 6.04 Å². The first-order valence-electron chi connectivity index (χ1n) is 3.74. The Kier molecular flexibility index (Phi) is 5.10. The molecular weight excluding hydrogens is 128 g/mol. The molecule has 9 heavy (non-hydrogen) atoms. The van der Waals surface area contributed by atoms with Gasteiger partial charge in [0.05, 0.1) is 0 Å². The summed E-state index contributed by atoms with van der Waals surface area (Å²) < 4.78 is 5.49. The summed E-state index contributed by atoms with van der Waals surface area (Å²) in [6.07, 6.45) is 0.454. The molecule has 56 valence electrons. The van der Waals surface area contributed by atoms with Crippen LogP contribution in [-0.4, -0.2) is 15.9 Å². The first kappa shape index (κ1) is 9.18. The van der Waals surface area contributed by atoms with Crippen molar-refractivity contribution >= 4 is 9.76 Å². The second-order valence-corrected chi connectivity index (χ2v) is 4.42. The van der Waals surface area contributed by atoms with Crippen LogP contribution in [0.5, 0.6) is 0 Å². The lowest BCUT2D eigenvalue weighted by Gasteiger charge is -2.07. The molecule has 2 heteroatoms. The summed E-state index contributed by atoms with van der Waals surface area (Å²) in [5.41, 5.74) is 0. The minimum atomic E-state index is -0.184. The molecule has 0 unspecified atom stereocenters. The molecule has 1 nitrogen and oxygen atoms in total. The van der Waals surface area contributed by atoms with Gasteiger partial charge < -0.3 is 4.43 Å². The van der Waals surface area contributed by atoms with Gasteiger partial charge in [-0.2, -0.15) is 0 Å². The molecule has 0 saturated heterocycles. The summed E-state index contributed by atoms with van der Waals surface area (Å²) in [4.78, 5) is 0. The fraction of sp³-hybridized carbons (Fsp3) is 1.00. The second-order valence-electron chi connectivity index (χ2n) is 3.10. The zero-order valence-corrected chi connectivity index (χ0v) is 8.39. The van der Waals surface area contributed by atoms with Gasteiger partial charge in [-0.05, 0) is 25.8 Å². The molecule has 0 spiro atoms. The van der Waals surface area contributed by atoms with Gasteiger partial charge in [-0.25, -0.2) is 0 Å². The molecule has 0 aliphatic rings. The van der Waals surface area contributed by atoms with Gasteiger partial charge in [0.1, 0.15) is 0 Å². The average Bonchev–Trinajstić information content (AvgIpc) is 1.63. The van der Waals surface area contributed by atoms with Crippen molar-refractivity contribution in [3.05, 3.63) is 0 Å². The average molecular weight is 146 g/mol. The smallest absolute Gasteiger partial charge is 0.162 e. The first-order valence-corrected chi connectivity index (χ1v) is 5.32. The maximum Gasteiger partial charge on any atom is 0.162 e. The third-order valence-corrected chi connectivity index (χ3v) is 3.44. The molecule has 0 aromatic carbocycles. The summed E-state index contributed by atoms with van der Waals surface area (Å²) >= 11 is 0. The highest BCUT2D eigenvalue weighted by atomic mass is 28.2. The molecule has 0 aromatic heterocycles.